The van der Waals surface area contributed by atoms with Gasteiger partial charge < -0.3 is 33.8 Å². The van der Waals surface area contributed by atoms with Crippen LogP contribution in [0.1, 0.15) is 434 Å². The van der Waals surface area contributed by atoms with Crippen LogP contribution in [0.15, 0.2) is 0 Å². The van der Waals surface area contributed by atoms with Crippen LogP contribution >= 0.6 is 15.6 Å². The normalized spacial score (nSPS) is 14.0. The zero-order chi connectivity index (χ0) is 76.0. The monoisotopic (exact) mass is 1510 g/mol. The van der Waals surface area contributed by atoms with Crippen molar-refractivity contribution in [1.29, 1.82) is 0 Å². The van der Waals surface area contributed by atoms with Gasteiger partial charge in [0.1, 0.15) is 19.3 Å². The summed E-state index contributed by atoms with van der Waals surface area (Å²) in [4.78, 5) is 73.1. The van der Waals surface area contributed by atoms with Crippen LogP contribution in [0.2, 0.25) is 0 Å². The van der Waals surface area contributed by atoms with Crippen LogP contribution in [-0.4, -0.2) is 96.7 Å². The number of phosphoric ester groups is 2. The Labute approximate surface area is 632 Å². The smallest absolute Gasteiger partial charge is 0.462 e. The third-order valence-electron chi connectivity index (χ3n) is 19.6. The Kier molecular flexibility index (Phi) is 71.5. The van der Waals surface area contributed by atoms with Crippen molar-refractivity contribution in [3.8, 4) is 0 Å². The van der Waals surface area contributed by atoms with Crippen LogP contribution in [-0.2, 0) is 65.4 Å². The van der Waals surface area contributed by atoms with E-state index >= 15 is 0 Å². The van der Waals surface area contributed by atoms with Crippen molar-refractivity contribution >= 4 is 39.5 Å². The largest absolute Gasteiger partial charge is 0.472 e. The Bertz CT molecular complexity index is 2010. The molecule has 0 aromatic heterocycles. The van der Waals surface area contributed by atoms with Gasteiger partial charge in [0.05, 0.1) is 26.4 Å². The van der Waals surface area contributed by atoms with E-state index in [-0.39, 0.29) is 25.7 Å². The molecule has 0 aromatic rings. The number of carbonyl (C=O) groups excluding carboxylic acids is 4. The van der Waals surface area contributed by atoms with Gasteiger partial charge in [-0.1, -0.05) is 383 Å². The molecule has 612 valence electrons. The summed E-state index contributed by atoms with van der Waals surface area (Å²) < 4.78 is 68.8. The van der Waals surface area contributed by atoms with Crippen molar-refractivity contribution in [2.75, 3.05) is 39.6 Å². The van der Waals surface area contributed by atoms with Gasteiger partial charge in [-0.2, -0.15) is 0 Å². The lowest BCUT2D eigenvalue weighted by atomic mass is 10.0. The summed E-state index contributed by atoms with van der Waals surface area (Å²) in [5.41, 5.74) is 0. The Morgan fingerprint density at radius 1 is 0.243 bits per heavy atom. The van der Waals surface area contributed by atoms with Crippen molar-refractivity contribution in [2.24, 2.45) is 23.7 Å². The van der Waals surface area contributed by atoms with E-state index in [1.807, 2.05) is 0 Å². The maximum Gasteiger partial charge on any atom is 0.472 e. The molecule has 0 saturated heterocycles. The number of aliphatic hydroxyl groups excluding tert-OH is 1. The van der Waals surface area contributed by atoms with Crippen LogP contribution < -0.4 is 0 Å². The number of carbonyl (C=O) groups is 4. The topological polar surface area (TPSA) is 237 Å². The maximum atomic E-state index is 13.1. The quantitative estimate of drug-likeness (QED) is 0.0222. The Morgan fingerprint density at radius 3 is 0.602 bits per heavy atom. The number of rotatable bonds is 81. The van der Waals surface area contributed by atoms with Crippen molar-refractivity contribution in [3.05, 3.63) is 0 Å². The molecule has 0 amide bonds. The van der Waals surface area contributed by atoms with Crippen molar-refractivity contribution in [3.63, 3.8) is 0 Å². The third-order valence-corrected chi connectivity index (χ3v) is 21.5. The minimum Gasteiger partial charge on any atom is -0.462 e. The number of hydrogen-bond acceptors (Lipinski definition) is 15. The number of hydrogen-bond donors (Lipinski definition) is 3. The molecule has 0 heterocycles. The molecule has 17 nitrogen and oxygen atoms in total. The lowest BCUT2D eigenvalue weighted by Gasteiger charge is -2.21. The number of esters is 4. The zero-order valence-corrected chi connectivity index (χ0v) is 69.7. The Hall–Kier alpha value is -1.94. The van der Waals surface area contributed by atoms with Crippen LogP contribution in [0, 0.1) is 23.7 Å². The number of unbranched alkanes of at least 4 members (excludes halogenated alkanes) is 47. The summed E-state index contributed by atoms with van der Waals surface area (Å²) in [6.45, 7) is 14.3. The van der Waals surface area contributed by atoms with Crippen molar-refractivity contribution in [2.45, 2.75) is 453 Å². The fourth-order valence-electron chi connectivity index (χ4n) is 13.0. The van der Waals surface area contributed by atoms with E-state index in [0.717, 1.165) is 114 Å². The molecule has 3 N–H and O–H groups in total. The maximum absolute atomic E-state index is 13.1. The highest BCUT2D eigenvalue weighted by Gasteiger charge is 2.30. The summed E-state index contributed by atoms with van der Waals surface area (Å²) in [6.07, 6.45) is 61.3. The van der Waals surface area contributed by atoms with Crippen LogP contribution in [0.25, 0.3) is 0 Å². The van der Waals surface area contributed by atoms with Gasteiger partial charge in [0.2, 0.25) is 0 Å². The number of ether oxygens (including phenoxy) is 4. The van der Waals surface area contributed by atoms with Gasteiger partial charge in [-0.3, -0.25) is 37.3 Å². The van der Waals surface area contributed by atoms with E-state index in [1.54, 1.807) is 0 Å². The first-order valence-electron chi connectivity index (χ1n) is 43.2. The first-order chi connectivity index (χ1) is 49.6. The van der Waals surface area contributed by atoms with Gasteiger partial charge in [0.15, 0.2) is 12.2 Å². The molecule has 0 rings (SSSR count). The van der Waals surface area contributed by atoms with E-state index in [4.69, 9.17) is 37.0 Å². The molecule has 103 heavy (non-hydrogen) atoms. The van der Waals surface area contributed by atoms with Crippen molar-refractivity contribution in [1.82, 2.24) is 0 Å². The first-order valence-corrected chi connectivity index (χ1v) is 46.2. The molecule has 0 bridgehead atoms. The highest BCUT2D eigenvalue weighted by Crippen LogP contribution is 2.45. The second-order valence-electron chi connectivity index (χ2n) is 32.1. The second-order valence-corrected chi connectivity index (χ2v) is 35.0. The molecule has 0 aromatic carbocycles. The summed E-state index contributed by atoms with van der Waals surface area (Å²) in [6, 6.07) is 0. The summed E-state index contributed by atoms with van der Waals surface area (Å²) in [5, 5.41) is 10.7. The fraction of sp³-hybridized carbons (Fsp3) is 0.952. The molecule has 0 aliphatic rings. The average Bonchev–Trinajstić information content (AvgIpc) is 0.923. The lowest BCUT2D eigenvalue weighted by Crippen LogP contribution is -2.30. The summed E-state index contributed by atoms with van der Waals surface area (Å²) in [5.74, 6) is 0.972. The van der Waals surface area contributed by atoms with Gasteiger partial charge in [-0.15, -0.1) is 0 Å². The molecule has 0 radical (unpaired) electrons. The van der Waals surface area contributed by atoms with E-state index in [0.29, 0.717) is 31.6 Å². The van der Waals surface area contributed by atoms with Crippen molar-refractivity contribution < 1.29 is 80.2 Å². The number of phosphoric acid groups is 2. The minimum absolute atomic E-state index is 0.106. The van der Waals surface area contributed by atoms with Gasteiger partial charge in [-0.25, -0.2) is 9.13 Å². The second kappa shape index (κ2) is 72.9. The molecule has 3 unspecified atom stereocenters. The minimum atomic E-state index is -4.96. The van der Waals surface area contributed by atoms with Gasteiger partial charge >= 0.3 is 39.5 Å². The third kappa shape index (κ3) is 78.0. The predicted molar refractivity (Wildman–Crippen MR) is 423 cm³/mol. The molecule has 0 aliphatic carbocycles. The average molecular weight is 1510 g/mol. The zero-order valence-electron chi connectivity index (χ0n) is 68.0. The van der Waals surface area contributed by atoms with E-state index in [9.17, 15) is 43.2 Å². The molecule has 0 saturated carbocycles. The van der Waals surface area contributed by atoms with Gasteiger partial charge in [-0.05, 0) is 49.4 Å². The molecule has 0 fully saturated rings. The van der Waals surface area contributed by atoms with E-state index in [2.05, 4.69) is 55.4 Å². The van der Waals surface area contributed by atoms with Crippen LogP contribution in [0.4, 0.5) is 0 Å². The SMILES string of the molecule is CC(C)CCCCCCCCCCCCCCCCCCCCC(=O)O[C@H](COC(=O)CCCCCCCCCCCCCCC(C)C)COP(=O)(O)OCC(O)COP(=O)(O)OC[C@@H](COC(=O)CCCCCCCCC(C)C)OC(=O)CCCCCCCCCCCCCCCCCC(C)C. The predicted octanol–water partition coefficient (Wildman–Crippen LogP) is 25.2. The van der Waals surface area contributed by atoms with Crippen LogP contribution in [0.3, 0.4) is 0 Å². The molecule has 0 aliphatic heterocycles. The standard InChI is InChI=1S/C84H164O17P2/c1-74(2)60-52-44-36-30-24-18-14-11-9-10-12-16-20-28-34-40-50-58-66-83(88)100-79(70-94-81(86)64-56-48-39-33-27-23-22-26-32-38-46-54-62-76(5)6)72-98-102(90,91)96-68-78(85)69-97-103(92,93)99-73-80(71-95-82(87)65-57-49-43-42-47-55-63-77(7)8)101-84(89)67-59-51-41-35-29-21-17-13-15-19-25-31-37-45-53-61-75(3)4/h74-80,85H,9-73H2,1-8H3,(H,90,91)(H,92,93)/t78?,79-,80-/m1/s1. The molecule has 19 heteroatoms. The molecule has 0 spiro atoms. The van der Waals surface area contributed by atoms with Gasteiger partial charge in [0, 0.05) is 25.7 Å². The highest BCUT2D eigenvalue weighted by atomic mass is 31.2. The summed E-state index contributed by atoms with van der Waals surface area (Å²) in [7, 11) is -9.93. The Morgan fingerprint density at radius 2 is 0.408 bits per heavy atom. The molecular formula is C84H164O17P2. The molecule has 5 atom stereocenters. The highest BCUT2D eigenvalue weighted by molar-refractivity contribution is 7.47. The van der Waals surface area contributed by atoms with E-state index < -0.39 is 97.5 Å². The van der Waals surface area contributed by atoms with E-state index in [1.165, 1.54) is 231 Å². The first kappa shape index (κ1) is 101. The van der Waals surface area contributed by atoms with Crippen LogP contribution in [0.5, 0.6) is 0 Å². The Balaban J connectivity index is 5.20. The van der Waals surface area contributed by atoms with Gasteiger partial charge in [0.25, 0.3) is 0 Å². The fourth-order valence-corrected chi connectivity index (χ4v) is 14.5. The summed E-state index contributed by atoms with van der Waals surface area (Å²) >= 11 is 0. The lowest BCUT2D eigenvalue weighted by molar-refractivity contribution is -0.161. The number of aliphatic hydroxyl groups is 1. The molecular weight excluding hydrogens is 1340 g/mol.